The second-order valence-electron chi connectivity index (χ2n) is 12.8. The summed E-state index contributed by atoms with van der Waals surface area (Å²) in [6, 6.07) is 0. The molecule has 0 unspecified atom stereocenters. The first-order chi connectivity index (χ1) is 20.0. The van der Waals surface area contributed by atoms with E-state index < -0.39 is 5.09 Å². The number of hydrogen-bond acceptors (Lipinski definition) is 3. The van der Waals surface area contributed by atoms with E-state index in [0.717, 1.165) is 0 Å². The summed E-state index contributed by atoms with van der Waals surface area (Å²) < 4.78 is 1.39. The van der Waals surface area contributed by atoms with Crippen LogP contribution in [0.1, 0.15) is 207 Å². The van der Waals surface area contributed by atoms with Crippen LogP contribution < -0.4 is 0 Å². The van der Waals surface area contributed by atoms with Crippen molar-refractivity contribution in [1.82, 2.24) is 0 Å². The summed E-state index contributed by atoms with van der Waals surface area (Å²) in [5.41, 5.74) is 0. The molecule has 0 aliphatic carbocycles. The molecule has 248 valence electrons. The van der Waals surface area contributed by atoms with Crippen molar-refractivity contribution in [1.29, 1.82) is 0 Å². The van der Waals surface area contributed by atoms with Crippen molar-refractivity contribution in [2.24, 2.45) is 0 Å². The van der Waals surface area contributed by atoms with Crippen molar-refractivity contribution < 1.29 is 9.57 Å². The Morgan fingerprint density at radius 2 is 0.537 bits per heavy atom. The second kappa shape index (κ2) is 35.4. The molecule has 0 radical (unpaired) electrons. The van der Waals surface area contributed by atoms with Crippen LogP contribution in [0.15, 0.2) is 0 Å². The molecule has 0 fully saturated rings. The molecule has 0 heterocycles. The average Bonchev–Trinajstić information content (AvgIpc) is 2.96. The second-order valence-corrected chi connectivity index (χ2v) is 12.8. The fraction of sp³-hybridized carbons (Fsp3) is 1.00. The predicted octanol–water partition coefficient (Wildman–Crippen LogP) is 12.6. The third kappa shape index (κ3) is 35.3. The molecule has 0 saturated carbocycles. The van der Waals surface area contributed by atoms with Gasteiger partial charge in [-0.3, -0.25) is 0 Å². The topological polar surface area (TPSA) is 66.2 Å². The van der Waals surface area contributed by atoms with Gasteiger partial charge in [-0.1, -0.05) is 168 Å². The lowest BCUT2D eigenvalue weighted by molar-refractivity contribution is -0.925. The molecule has 5 nitrogen and oxygen atoms in total. The molecule has 0 spiro atoms. The smallest absolute Gasteiger partial charge is 0.0786 e. The molecule has 0 aliphatic heterocycles. The van der Waals surface area contributed by atoms with Gasteiger partial charge in [0.15, 0.2) is 0 Å². The third-order valence-electron chi connectivity index (χ3n) is 9.31. The Balaban J connectivity index is 0. The number of unbranched alkanes of at least 4 members (excludes halogenated alkanes) is 26. The summed E-state index contributed by atoms with van der Waals surface area (Å²) in [4.78, 5) is 8.25. The summed E-state index contributed by atoms with van der Waals surface area (Å²) in [6.45, 7) is 15.1. The van der Waals surface area contributed by atoms with Crippen molar-refractivity contribution >= 4 is 0 Å². The van der Waals surface area contributed by atoms with E-state index in [4.69, 9.17) is 15.3 Å². The van der Waals surface area contributed by atoms with E-state index in [1.807, 2.05) is 0 Å². The van der Waals surface area contributed by atoms with Crippen molar-refractivity contribution in [2.75, 3.05) is 26.2 Å². The van der Waals surface area contributed by atoms with Crippen LogP contribution in [0, 0.1) is 15.3 Å². The quantitative estimate of drug-likeness (QED) is 0.0342. The first kappa shape index (κ1) is 42.3. The van der Waals surface area contributed by atoms with E-state index in [2.05, 4.69) is 27.7 Å². The van der Waals surface area contributed by atoms with Gasteiger partial charge >= 0.3 is 0 Å². The molecule has 0 aromatic heterocycles. The van der Waals surface area contributed by atoms with Gasteiger partial charge in [-0.05, 0) is 39.5 Å². The fourth-order valence-corrected chi connectivity index (χ4v) is 6.25. The van der Waals surface area contributed by atoms with Gasteiger partial charge in [-0.25, -0.2) is 0 Å². The number of hydrogen-bond donors (Lipinski definition) is 0. The molecule has 0 aromatic rings. The van der Waals surface area contributed by atoms with E-state index in [9.17, 15) is 0 Å². The molecule has 0 atom stereocenters. The largest absolute Gasteiger partial charge is 0.356 e. The number of quaternary nitrogens is 1. The number of nitrogens with zero attached hydrogens (tertiary/aromatic N) is 2. The van der Waals surface area contributed by atoms with Crippen LogP contribution in [0.3, 0.4) is 0 Å². The molecule has 41 heavy (non-hydrogen) atoms. The predicted molar refractivity (Wildman–Crippen MR) is 182 cm³/mol. The minimum absolute atomic E-state index is 1.34. The van der Waals surface area contributed by atoms with Gasteiger partial charge in [0.05, 0.1) is 31.3 Å². The maximum Gasteiger partial charge on any atom is 0.0786 e. The van der Waals surface area contributed by atoms with Crippen LogP contribution in [0.4, 0.5) is 0 Å². The van der Waals surface area contributed by atoms with Gasteiger partial charge < -0.3 is 19.8 Å². The molecule has 5 heteroatoms. The molecular formula is C36H76N2O3. The maximum atomic E-state index is 8.25. The Morgan fingerprint density at radius 1 is 0.366 bits per heavy atom. The van der Waals surface area contributed by atoms with Gasteiger partial charge in [-0.2, -0.15) is 0 Å². The standard InChI is InChI=1S/C36H76N.NO3/c1-5-9-11-13-15-17-19-21-23-25-27-29-31-33-35-37(7-3,8-4)36-34-32-30-28-26-24-22-20-18-16-14-12-10-6-2;2-1(3)4/h5-36H2,1-4H3;/q+1;-1. The average molecular weight is 585 g/mol. The Morgan fingerprint density at radius 3 is 0.707 bits per heavy atom. The molecule has 0 rings (SSSR count). The Kier molecular flexibility index (Phi) is 36.5. The van der Waals surface area contributed by atoms with E-state index in [1.54, 1.807) is 0 Å². The van der Waals surface area contributed by atoms with Crippen molar-refractivity contribution in [3.05, 3.63) is 15.3 Å². The molecule has 0 aliphatic rings. The highest BCUT2D eigenvalue weighted by Gasteiger charge is 2.21. The summed E-state index contributed by atoms with van der Waals surface area (Å²) in [5, 5.41) is 14.8. The van der Waals surface area contributed by atoms with E-state index in [0.29, 0.717) is 0 Å². The maximum absolute atomic E-state index is 8.25. The van der Waals surface area contributed by atoms with Gasteiger partial charge in [0.1, 0.15) is 0 Å². The normalized spacial score (nSPS) is 11.4. The molecule has 0 bridgehead atoms. The lowest BCUT2D eigenvalue weighted by atomic mass is 10.0. The molecule has 0 saturated heterocycles. The van der Waals surface area contributed by atoms with Crippen LogP contribution in [0.5, 0.6) is 0 Å². The van der Waals surface area contributed by atoms with Gasteiger partial charge in [0.2, 0.25) is 0 Å². The third-order valence-corrected chi connectivity index (χ3v) is 9.31. The SMILES string of the molecule is CCCCCCCCCCCCCCCC[N+](CC)(CC)CCCCCCCCCCCCCCCC.O=[N+]([O-])[O-]. The first-order valence-electron chi connectivity index (χ1n) is 18.6. The zero-order valence-corrected chi connectivity index (χ0v) is 28.7. The lowest BCUT2D eigenvalue weighted by Crippen LogP contribution is -2.49. The van der Waals surface area contributed by atoms with Gasteiger partial charge in [0, 0.05) is 0 Å². The van der Waals surface area contributed by atoms with Crippen LogP contribution in [-0.2, 0) is 0 Å². The first-order valence-corrected chi connectivity index (χ1v) is 18.6. The highest BCUT2D eigenvalue weighted by molar-refractivity contribution is 4.52. The summed E-state index contributed by atoms with van der Waals surface area (Å²) in [5.74, 6) is 0. The van der Waals surface area contributed by atoms with E-state index in [-0.39, 0.29) is 0 Å². The summed E-state index contributed by atoms with van der Waals surface area (Å²) in [7, 11) is 0. The van der Waals surface area contributed by atoms with E-state index >= 15 is 0 Å². The van der Waals surface area contributed by atoms with Gasteiger partial charge in [-0.15, -0.1) is 0 Å². The van der Waals surface area contributed by atoms with Crippen molar-refractivity contribution in [2.45, 2.75) is 207 Å². The Labute approximate surface area is 258 Å². The minimum atomic E-state index is -1.75. The van der Waals surface area contributed by atoms with E-state index in [1.165, 1.54) is 210 Å². The lowest BCUT2D eigenvalue weighted by Gasteiger charge is -2.37. The summed E-state index contributed by atoms with van der Waals surface area (Å²) >= 11 is 0. The van der Waals surface area contributed by atoms with Crippen LogP contribution in [0.2, 0.25) is 0 Å². The summed E-state index contributed by atoms with van der Waals surface area (Å²) in [6.07, 6.45) is 41.1. The van der Waals surface area contributed by atoms with Crippen LogP contribution in [-0.4, -0.2) is 35.7 Å². The molecule has 0 aromatic carbocycles. The Hall–Kier alpha value is -0.840. The molecule has 0 amide bonds. The van der Waals surface area contributed by atoms with Crippen molar-refractivity contribution in [3.8, 4) is 0 Å². The monoisotopic (exact) mass is 585 g/mol. The zero-order valence-electron chi connectivity index (χ0n) is 28.7. The molecular weight excluding hydrogens is 508 g/mol. The number of rotatable bonds is 32. The molecule has 0 N–H and O–H groups in total. The Bertz CT molecular complexity index is 459. The minimum Gasteiger partial charge on any atom is -0.356 e. The van der Waals surface area contributed by atoms with Crippen LogP contribution >= 0.6 is 0 Å². The van der Waals surface area contributed by atoms with Crippen LogP contribution in [0.25, 0.3) is 0 Å². The highest BCUT2D eigenvalue weighted by atomic mass is 16.9. The fourth-order valence-electron chi connectivity index (χ4n) is 6.25. The van der Waals surface area contributed by atoms with Gasteiger partial charge in [0.25, 0.3) is 0 Å². The zero-order chi connectivity index (χ0) is 30.7. The highest BCUT2D eigenvalue weighted by Crippen LogP contribution is 2.17. The van der Waals surface area contributed by atoms with Crippen molar-refractivity contribution in [3.63, 3.8) is 0 Å².